The number of carbonyl (C=O) groups is 1. The molecule has 0 fully saturated rings. The van der Waals surface area contributed by atoms with Crippen LogP contribution in [-0.2, 0) is 11.3 Å². The molecule has 0 unspecified atom stereocenters. The second-order valence-electron chi connectivity index (χ2n) is 5.42. The maximum Gasteiger partial charge on any atom is 0.246 e. The molecule has 4 heteroatoms. The van der Waals surface area contributed by atoms with Crippen molar-refractivity contribution in [3.8, 4) is 11.5 Å². The van der Waals surface area contributed by atoms with E-state index in [2.05, 4.69) is 0 Å². The van der Waals surface area contributed by atoms with Gasteiger partial charge in [0, 0.05) is 19.7 Å². The standard InChI is InChI=1S/C19H19NO3/c1-20(19(21)10-8-15-5-3-2-4-6-15)14-16-7-9-17-18(13-16)23-12-11-22-17/h2-10,13H,11-12,14H2,1H3. The molecule has 0 saturated carbocycles. The number of amides is 1. The SMILES string of the molecule is CN(Cc1ccc2c(c1)OCCO2)C(=O)C=Cc1ccccc1. The van der Waals surface area contributed by atoms with Gasteiger partial charge in [0.2, 0.25) is 5.91 Å². The van der Waals surface area contributed by atoms with Crippen molar-refractivity contribution in [2.75, 3.05) is 20.3 Å². The number of hydrogen-bond acceptors (Lipinski definition) is 3. The van der Waals surface area contributed by atoms with Gasteiger partial charge in [-0.2, -0.15) is 0 Å². The average molecular weight is 309 g/mol. The lowest BCUT2D eigenvalue weighted by atomic mass is 10.1. The largest absolute Gasteiger partial charge is 0.486 e. The highest BCUT2D eigenvalue weighted by Gasteiger charge is 2.13. The van der Waals surface area contributed by atoms with Gasteiger partial charge in [-0.05, 0) is 29.3 Å². The monoisotopic (exact) mass is 309 g/mol. The number of rotatable bonds is 4. The number of carbonyl (C=O) groups excluding carboxylic acids is 1. The number of hydrogen-bond donors (Lipinski definition) is 0. The Morgan fingerprint density at radius 1 is 1.09 bits per heavy atom. The predicted molar refractivity (Wildman–Crippen MR) is 89.4 cm³/mol. The molecule has 0 atom stereocenters. The molecule has 0 spiro atoms. The second-order valence-corrected chi connectivity index (χ2v) is 5.42. The lowest BCUT2D eigenvalue weighted by molar-refractivity contribution is -0.125. The van der Waals surface area contributed by atoms with E-state index < -0.39 is 0 Å². The molecule has 0 N–H and O–H groups in total. The molecular formula is C19H19NO3. The maximum atomic E-state index is 12.2. The summed E-state index contributed by atoms with van der Waals surface area (Å²) in [7, 11) is 1.79. The molecule has 0 radical (unpaired) electrons. The molecule has 0 bridgehead atoms. The summed E-state index contributed by atoms with van der Waals surface area (Å²) in [6, 6.07) is 15.5. The van der Waals surface area contributed by atoms with E-state index in [-0.39, 0.29) is 5.91 Å². The van der Waals surface area contributed by atoms with Crippen LogP contribution in [0.4, 0.5) is 0 Å². The van der Waals surface area contributed by atoms with Gasteiger partial charge < -0.3 is 14.4 Å². The highest BCUT2D eigenvalue weighted by Crippen LogP contribution is 2.31. The molecule has 2 aromatic rings. The number of benzene rings is 2. The fourth-order valence-electron chi connectivity index (χ4n) is 2.40. The second kappa shape index (κ2) is 7.01. The molecule has 1 amide bonds. The Kier molecular flexibility index (Phi) is 4.62. The summed E-state index contributed by atoms with van der Waals surface area (Å²) in [5.41, 5.74) is 2.02. The van der Waals surface area contributed by atoms with E-state index in [1.807, 2.05) is 54.6 Å². The molecule has 0 saturated heterocycles. The summed E-state index contributed by atoms with van der Waals surface area (Å²) in [5.74, 6) is 1.47. The van der Waals surface area contributed by atoms with Crippen molar-refractivity contribution in [1.29, 1.82) is 0 Å². The van der Waals surface area contributed by atoms with Gasteiger partial charge in [-0.15, -0.1) is 0 Å². The third kappa shape index (κ3) is 3.92. The zero-order valence-corrected chi connectivity index (χ0v) is 13.1. The van der Waals surface area contributed by atoms with Crippen LogP contribution in [0.25, 0.3) is 6.08 Å². The van der Waals surface area contributed by atoms with Crippen LogP contribution in [-0.4, -0.2) is 31.1 Å². The third-order valence-electron chi connectivity index (χ3n) is 3.62. The first kappa shape index (κ1) is 15.2. The van der Waals surface area contributed by atoms with Crippen molar-refractivity contribution in [3.63, 3.8) is 0 Å². The van der Waals surface area contributed by atoms with Crippen LogP contribution in [0.1, 0.15) is 11.1 Å². The first-order valence-electron chi connectivity index (χ1n) is 7.59. The molecule has 2 aromatic carbocycles. The van der Waals surface area contributed by atoms with Gasteiger partial charge in [0.15, 0.2) is 11.5 Å². The van der Waals surface area contributed by atoms with E-state index in [0.717, 1.165) is 22.6 Å². The molecule has 4 nitrogen and oxygen atoms in total. The van der Waals surface area contributed by atoms with Gasteiger partial charge in [-0.1, -0.05) is 36.4 Å². The van der Waals surface area contributed by atoms with Gasteiger partial charge in [-0.3, -0.25) is 4.79 Å². The normalized spacial score (nSPS) is 13.1. The van der Waals surface area contributed by atoms with Crippen LogP contribution in [0, 0.1) is 0 Å². The summed E-state index contributed by atoms with van der Waals surface area (Å²) >= 11 is 0. The smallest absolute Gasteiger partial charge is 0.246 e. The van der Waals surface area contributed by atoms with Crippen LogP contribution in [0.5, 0.6) is 11.5 Å². The van der Waals surface area contributed by atoms with Gasteiger partial charge in [0.25, 0.3) is 0 Å². The number of likely N-dealkylation sites (N-methyl/N-ethyl adjacent to an activating group) is 1. The van der Waals surface area contributed by atoms with Crippen molar-refractivity contribution in [1.82, 2.24) is 4.90 Å². The van der Waals surface area contributed by atoms with Crippen LogP contribution in [0.15, 0.2) is 54.6 Å². The summed E-state index contributed by atoms with van der Waals surface area (Å²) in [5, 5.41) is 0. The molecule has 1 aliphatic heterocycles. The van der Waals surface area contributed by atoms with Crippen molar-refractivity contribution in [2.24, 2.45) is 0 Å². The van der Waals surface area contributed by atoms with Gasteiger partial charge >= 0.3 is 0 Å². The van der Waals surface area contributed by atoms with Gasteiger partial charge in [0.05, 0.1) is 0 Å². The first-order valence-corrected chi connectivity index (χ1v) is 7.59. The topological polar surface area (TPSA) is 38.8 Å². The average Bonchev–Trinajstić information content (AvgIpc) is 2.60. The number of ether oxygens (including phenoxy) is 2. The van der Waals surface area contributed by atoms with E-state index in [1.54, 1.807) is 18.0 Å². The fourth-order valence-corrected chi connectivity index (χ4v) is 2.40. The van der Waals surface area contributed by atoms with Crippen molar-refractivity contribution in [2.45, 2.75) is 6.54 Å². The van der Waals surface area contributed by atoms with Gasteiger partial charge in [-0.25, -0.2) is 0 Å². The Balaban J connectivity index is 1.63. The lowest BCUT2D eigenvalue weighted by Gasteiger charge is -2.20. The Bertz CT molecular complexity index is 710. The molecule has 0 aromatic heterocycles. The lowest BCUT2D eigenvalue weighted by Crippen LogP contribution is -2.24. The minimum absolute atomic E-state index is 0.0382. The Hall–Kier alpha value is -2.75. The van der Waals surface area contributed by atoms with Crippen molar-refractivity contribution >= 4 is 12.0 Å². The molecule has 118 valence electrons. The van der Waals surface area contributed by atoms with Crippen LogP contribution < -0.4 is 9.47 Å². The first-order chi connectivity index (χ1) is 11.2. The van der Waals surface area contributed by atoms with E-state index in [0.29, 0.717) is 19.8 Å². The van der Waals surface area contributed by atoms with E-state index >= 15 is 0 Å². The van der Waals surface area contributed by atoms with E-state index in [1.165, 1.54) is 0 Å². The molecule has 1 aliphatic rings. The minimum Gasteiger partial charge on any atom is -0.486 e. The summed E-state index contributed by atoms with van der Waals surface area (Å²) in [4.78, 5) is 13.9. The number of fused-ring (bicyclic) bond motifs is 1. The Morgan fingerprint density at radius 2 is 1.83 bits per heavy atom. The number of nitrogens with zero attached hydrogens (tertiary/aromatic N) is 1. The quantitative estimate of drug-likeness (QED) is 0.815. The summed E-state index contributed by atoms with van der Waals surface area (Å²) < 4.78 is 11.1. The Labute approximate surface area is 135 Å². The zero-order chi connectivity index (χ0) is 16.1. The minimum atomic E-state index is -0.0382. The zero-order valence-electron chi connectivity index (χ0n) is 13.1. The van der Waals surface area contributed by atoms with Crippen molar-refractivity contribution in [3.05, 3.63) is 65.7 Å². The van der Waals surface area contributed by atoms with E-state index in [4.69, 9.17) is 9.47 Å². The van der Waals surface area contributed by atoms with Crippen LogP contribution >= 0.6 is 0 Å². The summed E-state index contributed by atoms with van der Waals surface area (Å²) in [6.07, 6.45) is 3.41. The molecule has 3 rings (SSSR count). The molecule has 1 heterocycles. The highest BCUT2D eigenvalue weighted by atomic mass is 16.6. The third-order valence-corrected chi connectivity index (χ3v) is 3.62. The Morgan fingerprint density at radius 3 is 2.61 bits per heavy atom. The molecular weight excluding hydrogens is 290 g/mol. The van der Waals surface area contributed by atoms with Crippen LogP contribution in [0.2, 0.25) is 0 Å². The molecule has 0 aliphatic carbocycles. The summed E-state index contributed by atoms with van der Waals surface area (Å²) in [6.45, 7) is 1.66. The van der Waals surface area contributed by atoms with Gasteiger partial charge in [0.1, 0.15) is 13.2 Å². The predicted octanol–water partition coefficient (Wildman–Crippen LogP) is 3.13. The van der Waals surface area contributed by atoms with Crippen molar-refractivity contribution < 1.29 is 14.3 Å². The maximum absolute atomic E-state index is 12.2. The molecule has 23 heavy (non-hydrogen) atoms. The fraction of sp³-hybridized carbons (Fsp3) is 0.211. The van der Waals surface area contributed by atoms with E-state index in [9.17, 15) is 4.79 Å². The van der Waals surface area contributed by atoms with Crippen LogP contribution in [0.3, 0.4) is 0 Å². The highest BCUT2D eigenvalue weighted by molar-refractivity contribution is 5.91.